The van der Waals surface area contributed by atoms with Crippen LogP contribution in [0.25, 0.3) is 0 Å². The first-order valence-corrected chi connectivity index (χ1v) is 5.89. The molecular weight excluding hydrogens is 250 g/mol. The Morgan fingerprint density at radius 3 is 2.61 bits per heavy atom. The van der Waals surface area contributed by atoms with Crippen LogP contribution in [-0.2, 0) is 11.3 Å². The number of aromatic nitrogens is 2. The van der Waals surface area contributed by atoms with Gasteiger partial charge in [-0.2, -0.15) is 0 Å². The molecule has 0 radical (unpaired) electrons. The van der Waals surface area contributed by atoms with Crippen LogP contribution in [0.5, 0.6) is 0 Å². The Morgan fingerprint density at radius 2 is 1.94 bits per heavy atom. The van der Waals surface area contributed by atoms with Gasteiger partial charge in [-0.3, -0.25) is 0 Å². The van der Waals surface area contributed by atoms with Crippen LogP contribution in [0.4, 0.5) is 11.5 Å². The molecule has 1 aromatic heterocycles. The molecule has 1 aromatic carbocycles. The van der Waals surface area contributed by atoms with Crippen LogP contribution in [0, 0.1) is 0 Å². The van der Waals surface area contributed by atoms with E-state index >= 15 is 0 Å². The van der Waals surface area contributed by atoms with Crippen molar-refractivity contribution in [2.24, 2.45) is 0 Å². The Balaban J connectivity index is 2.33. The van der Waals surface area contributed by atoms with Crippen LogP contribution in [0.2, 0.25) is 5.15 Å². The minimum atomic E-state index is 0.343. The van der Waals surface area contributed by atoms with Crippen LogP contribution >= 0.6 is 11.6 Å². The Bertz CT molecular complexity index is 519. The molecular formula is C13H14ClN3O. The zero-order valence-corrected chi connectivity index (χ0v) is 11.1. The van der Waals surface area contributed by atoms with E-state index in [1.54, 1.807) is 13.2 Å². The number of rotatable bonds is 4. The van der Waals surface area contributed by atoms with Gasteiger partial charge in [0.1, 0.15) is 17.6 Å². The predicted molar refractivity (Wildman–Crippen MR) is 72.3 cm³/mol. The SMILES string of the molecule is COCc1nc(Cl)cc(N(C)c2ccccc2)n1. The van der Waals surface area contributed by atoms with Crippen LogP contribution in [0.15, 0.2) is 36.4 Å². The van der Waals surface area contributed by atoms with E-state index in [1.807, 2.05) is 42.3 Å². The van der Waals surface area contributed by atoms with Gasteiger partial charge in [0.2, 0.25) is 0 Å². The van der Waals surface area contributed by atoms with Gasteiger partial charge in [-0.1, -0.05) is 29.8 Å². The highest BCUT2D eigenvalue weighted by Crippen LogP contribution is 2.23. The number of hydrogen-bond acceptors (Lipinski definition) is 4. The number of para-hydroxylation sites is 1. The van der Waals surface area contributed by atoms with E-state index < -0.39 is 0 Å². The van der Waals surface area contributed by atoms with Gasteiger partial charge in [-0.15, -0.1) is 0 Å². The zero-order valence-electron chi connectivity index (χ0n) is 10.3. The molecule has 0 fully saturated rings. The van der Waals surface area contributed by atoms with Crippen LogP contribution in [-0.4, -0.2) is 24.1 Å². The van der Waals surface area contributed by atoms with E-state index in [2.05, 4.69) is 9.97 Å². The molecule has 0 saturated carbocycles. The number of anilines is 2. The van der Waals surface area contributed by atoms with Crippen molar-refractivity contribution in [2.45, 2.75) is 6.61 Å². The summed E-state index contributed by atoms with van der Waals surface area (Å²) in [6.07, 6.45) is 0. The highest BCUT2D eigenvalue weighted by Gasteiger charge is 2.08. The van der Waals surface area contributed by atoms with Crippen molar-refractivity contribution < 1.29 is 4.74 Å². The molecule has 5 heteroatoms. The quantitative estimate of drug-likeness (QED) is 0.795. The van der Waals surface area contributed by atoms with Gasteiger partial charge in [-0.25, -0.2) is 9.97 Å². The third-order valence-corrected chi connectivity index (χ3v) is 2.68. The van der Waals surface area contributed by atoms with Gasteiger partial charge in [0.25, 0.3) is 0 Å². The molecule has 94 valence electrons. The molecule has 0 saturated heterocycles. The normalized spacial score (nSPS) is 10.4. The number of ether oxygens (including phenoxy) is 1. The van der Waals surface area contributed by atoms with Gasteiger partial charge in [-0.05, 0) is 12.1 Å². The topological polar surface area (TPSA) is 38.2 Å². The summed E-state index contributed by atoms with van der Waals surface area (Å²) in [6.45, 7) is 0.343. The fourth-order valence-electron chi connectivity index (χ4n) is 1.60. The molecule has 4 nitrogen and oxygen atoms in total. The summed E-state index contributed by atoms with van der Waals surface area (Å²) >= 11 is 5.98. The predicted octanol–water partition coefficient (Wildman–Crippen LogP) is 3.04. The molecule has 0 N–H and O–H groups in total. The minimum Gasteiger partial charge on any atom is -0.377 e. The van der Waals surface area contributed by atoms with E-state index in [-0.39, 0.29) is 0 Å². The largest absolute Gasteiger partial charge is 0.377 e. The third-order valence-electron chi connectivity index (χ3n) is 2.49. The molecule has 0 aliphatic rings. The number of halogens is 1. The first-order chi connectivity index (χ1) is 8.70. The number of nitrogens with zero attached hydrogens (tertiary/aromatic N) is 3. The Morgan fingerprint density at radius 1 is 1.22 bits per heavy atom. The molecule has 0 atom stereocenters. The van der Waals surface area contributed by atoms with Gasteiger partial charge in [0.05, 0.1) is 0 Å². The second-order valence-corrected chi connectivity index (χ2v) is 4.18. The Kier molecular flexibility index (Phi) is 4.12. The van der Waals surface area contributed by atoms with Crippen molar-refractivity contribution in [2.75, 3.05) is 19.1 Å². The molecule has 2 aromatic rings. The van der Waals surface area contributed by atoms with E-state index in [0.717, 1.165) is 11.5 Å². The fraction of sp³-hybridized carbons (Fsp3) is 0.231. The Labute approximate surface area is 111 Å². The van der Waals surface area contributed by atoms with Crippen molar-refractivity contribution in [3.63, 3.8) is 0 Å². The molecule has 0 bridgehead atoms. The first-order valence-electron chi connectivity index (χ1n) is 5.52. The maximum atomic E-state index is 5.98. The number of hydrogen-bond donors (Lipinski definition) is 0. The van der Waals surface area contributed by atoms with E-state index in [1.165, 1.54) is 0 Å². The lowest BCUT2D eigenvalue weighted by Crippen LogP contribution is -2.13. The number of methoxy groups -OCH3 is 1. The second-order valence-electron chi connectivity index (χ2n) is 3.79. The summed E-state index contributed by atoms with van der Waals surface area (Å²) in [5, 5.41) is 0.412. The van der Waals surface area contributed by atoms with E-state index in [4.69, 9.17) is 16.3 Å². The van der Waals surface area contributed by atoms with Crippen molar-refractivity contribution in [3.05, 3.63) is 47.4 Å². The summed E-state index contributed by atoms with van der Waals surface area (Å²) in [5.74, 6) is 1.32. The molecule has 18 heavy (non-hydrogen) atoms. The smallest absolute Gasteiger partial charge is 0.158 e. The van der Waals surface area contributed by atoms with Gasteiger partial charge >= 0.3 is 0 Å². The summed E-state index contributed by atoms with van der Waals surface area (Å²) in [6, 6.07) is 11.7. The average Bonchev–Trinajstić information content (AvgIpc) is 2.38. The molecule has 0 spiro atoms. The Hall–Kier alpha value is -1.65. The standard InChI is InChI=1S/C13H14ClN3O/c1-17(10-6-4-3-5-7-10)13-8-11(14)15-12(16-13)9-18-2/h3-8H,9H2,1-2H3. The van der Waals surface area contributed by atoms with Crippen molar-refractivity contribution in [3.8, 4) is 0 Å². The lowest BCUT2D eigenvalue weighted by molar-refractivity contribution is 0.178. The van der Waals surface area contributed by atoms with Crippen molar-refractivity contribution in [1.29, 1.82) is 0 Å². The van der Waals surface area contributed by atoms with E-state index in [0.29, 0.717) is 17.6 Å². The van der Waals surface area contributed by atoms with Gasteiger partial charge < -0.3 is 9.64 Å². The van der Waals surface area contributed by atoms with E-state index in [9.17, 15) is 0 Å². The molecule has 2 rings (SSSR count). The summed E-state index contributed by atoms with van der Waals surface area (Å²) in [7, 11) is 3.54. The van der Waals surface area contributed by atoms with Crippen molar-refractivity contribution >= 4 is 23.1 Å². The summed E-state index contributed by atoms with van der Waals surface area (Å²) < 4.78 is 5.02. The lowest BCUT2D eigenvalue weighted by Gasteiger charge is -2.18. The first kappa shape index (κ1) is 12.8. The second kappa shape index (κ2) is 5.80. The number of benzene rings is 1. The fourth-order valence-corrected chi connectivity index (χ4v) is 1.80. The maximum Gasteiger partial charge on any atom is 0.158 e. The van der Waals surface area contributed by atoms with Crippen LogP contribution < -0.4 is 4.90 Å². The summed E-state index contributed by atoms with van der Waals surface area (Å²) in [4.78, 5) is 10.5. The molecule has 0 aliphatic heterocycles. The molecule has 0 amide bonds. The lowest BCUT2D eigenvalue weighted by atomic mass is 10.3. The highest BCUT2D eigenvalue weighted by molar-refractivity contribution is 6.29. The van der Waals surface area contributed by atoms with Crippen LogP contribution in [0.1, 0.15) is 5.82 Å². The van der Waals surface area contributed by atoms with Crippen LogP contribution in [0.3, 0.4) is 0 Å². The van der Waals surface area contributed by atoms with Gasteiger partial charge in [0.15, 0.2) is 5.82 Å². The molecule has 1 heterocycles. The molecule has 0 aliphatic carbocycles. The highest BCUT2D eigenvalue weighted by atomic mass is 35.5. The monoisotopic (exact) mass is 263 g/mol. The average molecular weight is 264 g/mol. The molecule has 0 unspecified atom stereocenters. The van der Waals surface area contributed by atoms with Crippen molar-refractivity contribution in [1.82, 2.24) is 9.97 Å². The maximum absolute atomic E-state index is 5.98. The van der Waals surface area contributed by atoms with Gasteiger partial charge in [0, 0.05) is 25.9 Å². The minimum absolute atomic E-state index is 0.343. The summed E-state index contributed by atoms with van der Waals surface area (Å²) in [5.41, 5.74) is 1.04. The third kappa shape index (κ3) is 2.97. The zero-order chi connectivity index (χ0) is 13.0.